The zero-order valence-corrected chi connectivity index (χ0v) is 21.4. The minimum absolute atomic E-state index is 0.0366. The van der Waals surface area contributed by atoms with Crippen molar-refractivity contribution in [3.05, 3.63) is 68.7 Å². The first-order valence-electron chi connectivity index (χ1n) is 12.0. The van der Waals surface area contributed by atoms with Crippen LogP contribution in [0.3, 0.4) is 0 Å². The lowest BCUT2D eigenvalue weighted by atomic mass is 9.87. The van der Waals surface area contributed by atoms with Crippen LogP contribution in [-0.4, -0.2) is 55.1 Å². The van der Waals surface area contributed by atoms with Crippen molar-refractivity contribution in [2.45, 2.75) is 32.7 Å². The number of rotatable bonds is 2. The Balaban J connectivity index is 1.64. The second-order valence-corrected chi connectivity index (χ2v) is 10.1. The van der Waals surface area contributed by atoms with Crippen molar-refractivity contribution in [3.8, 4) is 17.2 Å². The average Bonchev–Trinajstić information content (AvgIpc) is 3.22. The lowest BCUT2D eigenvalue weighted by Crippen LogP contribution is -2.40. The fourth-order valence-corrected chi connectivity index (χ4v) is 5.67. The Morgan fingerprint density at radius 3 is 2.86 bits per heavy atom. The first kappa shape index (κ1) is 24.1. The summed E-state index contributed by atoms with van der Waals surface area (Å²) in [7, 11) is 1.58. The molecule has 0 radical (unpaired) electrons. The van der Waals surface area contributed by atoms with Crippen LogP contribution in [0.1, 0.15) is 49.5 Å². The Kier molecular flexibility index (Phi) is 6.82. The number of thiazole rings is 1. The molecule has 6 bridgehead atoms. The van der Waals surface area contributed by atoms with Gasteiger partial charge in [-0.1, -0.05) is 12.1 Å². The Bertz CT molecular complexity index is 1300. The summed E-state index contributed by atoms with van der Waals surface area (Å²) >= 11 is 1.43. The third-order valence-electron chi connectivity index (χ3n) is 6.46. The van der Waals surface area contributed by atoms with E-state index in [1.807, 2.05) is 55.1 Å². The van der Waals surface area contributed by atoms with E-state index in [4.69, 9.17) is 14.2 Å². The van der Waals surface area contributed by atoms with Gasteiger partial charge >= 0.3 is 0 Å². The van der Waals surface area contributed by atoms with Gasteiger partial charge in [0.1, 0.15) is 10.6 Å². The second-order valence-electron chi connectivity index (χ2n) is 8.91. The van der Waals surface area contributed by atoms with Crippen LogP contribution >= 0.6 is 11.3 Å². The van der Waals surface area contributed by atoms with Gasteiger partial charge in [0.2, 0.25) is 0 Å². The molecule has 1 N–H and O–H groups in total. The summed E-state index contributed by atoms with van der Waals surface area (Å²) in [4.78, 5) is 33.2. The SMILES string of the molecule is COc1cc2c3cc1OCC(=O)NCCCOc1cccc(c1)C2N(C(=O)c1sc(C)nc1C)CC3. The third-order valence-corrected chi connectivity index (χ3v) is 7.52. The molecule has 3 aliphatic heterocycles. The Hall–Kier alpha value is -3.59. The van der Waals surface area contributed by atoms with Crippen LogP contribution in [0, 0.1) is 13.8 Å². The van der Waals surface area contributed by atoms with Crippen LogP contribution in [0.5, 0.6) is 17.2 Å². The highest BCUT2D eigenvalue weighted by molar-refractivity contribution is 7.13. The molecule has 36 heavy (non-hydrogen) atoms. The number of aromatic nitrogens is 1. The van der Waals surface area contributed by atoms with Crippen LogP contribution in [0.15, 0.2) is 36.4 Å². The summed E-state index contributed by atoms with van der Waals surface area (Å²) in [5.41, 5.74) is 3.72. The maximum atomic E-state index is 13.9. The maximum Gasteiger partial charge on any atom is 0.266 e. The number of hydrogen-bond donors (Lipinski definition) is 1. The number of fused-ring (bicyclic) bond motifs is 8. The fourth-order valence-electron chi connectivity index (χ4n) is 4.80. The lowest BCUT2D eigenvalue weighted by molar-refractivity contribution is -0.123. The van der Waals surface area contributed by atoms with E-state index in [0.29, 0.717) is 48.9 Å². The van der Waals surface area contributed by atoms with Crippen molar-refractivity contribution in [2.24, 2.45) is 0 Å². The highest BCUT2D eigenvalue weighted by Gasteiger charge is 2.35. The minimum Gasteiger partial charge on any atom is -0.494 e. The quantitative estimate of drug-likeness (QED) is 0.567. The fraction of sp³-hybridized carbons (Fsp3) is 0.370. The minimum atomic E-state index is -0.342. The first-order valence-corrected chi connectivity index (χ1v) is 12.8. The first-order chi connectivity index (χ1) is 17.4. The van der Waals surface area contributed by atoms with Gasteiger partial charge in [-0.05, 0) is 67.6 Å². The topological polar surface area (TPSA) is 90.0 Å². The van der Waals surface area contributed by atoms with E-state index in [1.54, 1.807) is 7.11 Å². The summed E-state index contributed by atoms with van der Waals surface area (Å²) in [6.07, 6.45) is 1.31. The number of benzene rings is 2. The summed E-state index contributed by atoms with van der Waals surface area (Å²) in [6, 6.07) is 11.4. The standard InChI is InChI=1S/C27H29N3O5S/c1-16-26(36-17(2)29-16)27(32)30-10-8-18-13-23-22(33-3)14-21(18)25(30)19-6-4-7-20(12-19)34-11-5-9-28-24(31)15-35-23/h4,6-7,12-14,25H,5,8-11,15H2,1-3H3,(H,28,31). The number of ether oxygens (including phenoxy) is 3. The van der Waals surface area contributed by atoms with Crippen LogP contribution in [0.2, 0.25) is 0 Å². The van der Waals surface area contributed by atoms with Crippen molar-refractivity contribution in [2.75, 3.05) is 33.4 Å². The van der Waals surface area contributed by atoms with Gasteiger partial charge in [-0.3, -0.25) is 9.59 Å². The molecule has 2 aromatic carbocycles. The molecule has 0 saturated heterocycles. The van der Waals surface area contributed by atoms with Crippen molar-refractivity contribution in [3.63, 3.8) is 0 Å². The predicted octanol–water partition coefficient (Wildman–Crippen LogP) is 3.83. The molecule has 1 aromatic heterocycles. The lowest BCUT2D eigenvalue weighted by Gasteiger charge is -2.38. The Labute approximate surface area is 214 Å². The summed E-state index contributed by atoms with van der Waals surface area (Å²) < 4.78 is 17.5. The molecule has 3 aromatic rings. The molecule has 0 aliphatic carbocycles. The highest BCUT2D eigenvalue weighted by Crippen LogP contribution is 2.42. The second kappa shape index (κ2) is 10.2. The van der Waals surface area contributed by atoms with E-state index in [0.717, 1.165) is 33.1 Å². The highest BCUT2D eigenvalue weighted by atomic mass is 32.1. The summed E-state index contributed by atoms with van der Waals surface area (Å²) in [5, 5.41) is 3.72. The zero-order chi connectivity index (χ0) is 25.2. The number of nitrogens with one attached hydrogen (secondary N) is 1. The van der Waals surface area contributed by atoms with E-state index < -0.39 is 0 Å². The smallest absolute Gasteiger partial charge is 0.266 e. The van der Waals surface area contributed by atoms with E-state index in [-0.39, 0.29) is 24.5 Å². The van der Waals surface area contributed by atoms with Gasteiger partial charge in [-0.25, -0.2) is 4.98 Å². The van der Waals surface area contributed by atoms with E-state index in [1.165, 1.54) is 11.3 Å². The van der Waals surface area contributed by atoms with Crippen molar-refractivity contribution in [1.82, 2.24) is 15.2 Å². The number of carbonyl (C=O) groups excluding carboxylic acids is 2. The van der Waals surface area contributed by atoms with Crippen LogP contribution in [0.4, 0.5) is 0 Å². The number of amides is 2. The molecule has 1 unspecified atom stereocenters. The maximum absolute atomic E-state index is 13.9. The monoisotopic (exact) mass is 507 g/mol. The van der Waals surface area contributed by atoms with Gasteiger partial charge in [0.05, 0.1) is 30.5 Å². The van der Waals surface area contributed by atoms with Gasteiger partial charge in [-0.15, -0.1) is 11.3 Å². The molecule has 4 heterocycles. The van der Waals surface area contributed by atoms with Gasteiger partial charge in [0, 0.05) is 13.1 Å². The molecule has 2 amide bonds. The summed E-state index contributed by atoms with van der Waals surface area (Å²) in [5.74, 6) is 1.52. The van der Waals surface area contributed by atoms with E-state index in [2.05, 4.69) is 10.3 Å². The van der Waals surface area contributed by atoms with Gasteiger partial charge in [0.15, 0.2) is 18.1 Å². The third kappa shape index (κ3) is 4.75. The molecule has 188 valence electrons. The summed E-state index contributed by atoms with van der Waals surface area (Å²) in [6.45, 7) is 5.17. The van der Waals surface area contributed by atoms with Crippen LogP contribution in [-0.2, 0) is 11.2 Å². The van der Waals surface area contributed by atoms with Crippen molar-refractivity contribution >= 4 is 23.2 Å². The largest absolute Gasteiger partial charge is 0.494 e. The number of methoxy groups -OCH3 is 1. The van der Waals surface area contributed by atoms with Gasteiger partial charge < -0.3 is 24.4 Å². The zero-order valence-electron chi connectivity index (χ0n) is 20.6. The van der Waals surface area contributed by atoms with E-state index >= 15 is 0 Å². The van der Waals surface area contributed by atoms with Crippen LogP contribution in [0.25, 0.3) is 0 Å². The molecule has 8 nitrogen and oxygen atoms in total. The molecule has 0 saturated carbocycles. The molecular formula is C27H29N3O5S. The number of hydrogen-bond acceptors (Lipinski definition) is 7. The predicted molar refractivity (Wildman–Crippen MR) is 136 cm³/mol. The molecule has 1 atom stereocenters. The molecule has 9 heteroatoms. The van der Waals surface area contributed by atoms with Crippen LogP contribution < -0.4 is 19.5 Å². The number of nitrogens with zero attached hydrogens (tertiary/aromatic N) is 2. The molecule has 6 rings (SSSR count). The normalized spacial score (nSPS) is 17.7. The number of carbonyl (C=O) groups is 2. The van der Waals surface area contributed by atoms with Crippen molar-refractivity contribution in [1.29, 1.82) is 0 Å². The van der Waals surface area contributed by atoms with Gasteiger partial charge in [-0.2, -0.15) is 0 Å². The molecular weight excluding hydrogens is 478 g/mol. The Morgan fingerprint density at radius 2 is 2.08 bits per heavy atom. The molecule has 0 spiro atoms. The number of aryl methyl sites for hydroxylation is 2. The van der Waals surface area contributed by atoms with Crippen molar-refractivity contribution < 1.29 is 23.8 Å². The van der Waals surface area contributed by atoms with E-state index in [9.17, 15) is 9.59 Å². The van der Waals surface area contributed by atoms with Gasteiger partial charge in [0.25, 0.3) is 11.8 Å². The molecule has 0 fully saturated rings. The Morgan fingerprint density at radius 1 is 1.22 bits per heavy atom. The molecule has 3 aliphatic rings. The average molecular weight is 508 g/mol.